The highest BCUT2D eigenvalue weighted by Crippen LogP contribution is 2.37. The van der Waals surface area contributed by atoms with Crippen LogP contribution in [-0.2, 0) is 10.2 Å². The highest BCUT2D eigenvalue weighted by atomic mass is 35.5. The lowest BCUT2D eigenvalue weighted by atomic mass is 9.74. The quantitative estimate of drug-likeness (QED) is 0.839. The van der Waals surface area contributed by atoms with Crippen LogP contribution in [0.2, 0.25) is 5.02 Å². The highest BCUT2D eigenvalue weighted by molar-refractivity contribution is 6.31. The maximum Gasteiger partial charge on any atom is 0.0475 e. The summed E-state index contributed by atoms with van der Waals surface area (Å²) in [6.45, 7) is 2.20. The van der Waals surface area contributed by atoms with E-state index in [1.165, 1.54) is 5.56 Å². The van der Waals surface area contributed by atoms with Gasteiger partial charge in [-0.05, 0) is 24.5 Å². The fourth-order valence-electron chi connectivity index (χ4n) is 2.24. The highest BCUT2D eigenvalue weighted by Gasteiger charge is 2.34. The molecule has 0 atom stereocenters. The monoisotopic (exact) mass is 225 g/mol. The van der Waals surface area contributed by atoms with Crippen LogP contribution in [0, 0.1) is 0 Å². The third kappa shape index (κ3) is 2.03. The standard InChI is InChI=1S/C12H16ClNO/c13-11-4-2-1-3-10(11)12(9-14)5-7-15-8-6-12/h1-4H,5-9,14H2. The summed E-state index contributed by atoms with van der Waals surface area (Å²) in [5.74, 6) is 0. The zero-order valence-electron chi connectivity index (χ0n) is 8.71. The number of nitrogens with two attached hydrogens (primary N) is 1. The average molecular weight is 226 g/mol. The van der Waals surface area contributed by atoms with Crippen molar-refractivity contribution in [2.45, 2.75) is 18.3 Å². The number of hydrogen-bond acceptors (Lipinski definition) is 2. The van der Waals surface area contributed by atoms with Crippen molar-refractivity contribution in [3.8, 4) is 0 Å². The van der Waals surface area contributed by atoms with Gasteiger partial charge < -0.3 is 10.5 Å². The number of rotatable bonds is 2. The Kier molecular flexibility index (Phi) is 3.29. The Morgan fingerprint density at radius 1 is 1.27 bits per heavy atom. The summed E-state index contributed by atoms with van der Waals surface area (Å²) in [5, 5.41) is 0.824. The van der Waals surface area contributed by atoms with E-state index in [4.69, 9.17) is 22.1 Å². The predicted molar refractivity (Wildman–Crippen MR) is 62.2 cm³/mol. The fraction of sp³-hybridized carbons (Fsp3) is 0.500. The molecule has 1 aliphatic rings. The van der Waals surface area contributed by atoms with Crippen molar-refractivity contribution in [2.24, 2.45) is 5.73 Å². The molecule has 0 bridgehead atoms. The molecule has 0 aromatic heterocycles. The molecule has 15 heavy (non-hydrogen) atoms. The van der Waals surface area contributed by atoms with Gasteiger partial charge in [-0.15, -0.1) is 0 Å². The van der Waals surface area contributed by atoms with E-state index in [1.807, 2.05) is 18.2 Å². The van der Waals surface area contributed by atoms with Gasteiger partial charge in [0.25, 0.3) is 0 Å². The molecule has 0 saturated carbocycles. The summed E-state index contributed by atoms with van der Waals surface area (Å²) >= 11 is 6.23. The van der Waals surface area contributed by atoms with E-state index < -0.39 is 0 Å². The summed E-state index contributed by atoms with van der Waals surface area (Å²) in [6.07, 6.45) is 1.93. The largest absolute Gasteiger partial charge is 0.381 e. The Hall–Kier alpha value is -0.570. The number of ether oxygens (including phenoxy) is 1. The van der Waals surface area contributed by atoms with Crippen molar-refractivity contribution in [1.82, 2.24) is 0 Å². The van der Waals surface area contributed by atoms with Gasteiger partial charge in [-0.25, -0.2) is 0 Å². The van der Waals surface area contributed by atoms with Gasteiger partial charge in [0.2, 0.25) is 0 Å². The van der Waals surface area contributed by atoms with E-state index in [0.717, 1.165) is 31.1 Å². The van der Waals surface area contributed by atoms with E-state index in [9.17, 15) is 0 Å². The van der Waals surface area contributed by atoms with E-state index in [2.05, 4.69) is 6.07 Å². The molecule has 0 unspecified atom stereocenters. The lowest BCUT2D eigenvalue weighted by Crippen LogP contribution is -2.40. The van der Waals surface area contributed by atoms with Crippen LogP contribution in [0.4, 0.5) is 0 Å². The normalized spacial score (nSPS) is 20.1. The molecule has 1 aromatic rings. The van der Waals surface area contributed by atoms with Crippen molar-refractivity contribution in [3.05, 3.63) is 34.9 Å². The Morgan fingerprint density at radius 2 is 1.93 bits per heavy atom. The first-order valence-corrected chi connectivity index (χ1v) is 5.69. The summed E-state index contributed by atoms with van der Waals surface area (Å²) in [5.41, 5.74) is 7.13. The minimum atomic E-state index is 0.0244. The van der Waals surface area contributed by atoms with Crippen LogP contribution in [0.15, 0.2) is 24.3 Å². The Balaban J connectivity index is 2.36. The van der Waals surface area contributed by atoms with Gasteiger partial charge in [0.05, 0.1) is 0 Å². The molecule has 0 radical (unpaired) electrons. The molecule has 2 N–H and O–H groups in total. The van der Waals surface area contributed by atoms with E-state index in [-0.39, 0.29) is 5.41 Å². The number of hydrogen-bond donors (Lipinski definition) is 1. The third-order valence-corrected chi connectivity index (χ3v) is 3.62. The first-order chi connectivity index (χ1) is 7.28. The maximum absolute atomic E-state index is 6.23. The smallest absolute Gasteiger partial charge is 0.0475 e. The van der Waals surface area contributed by atoms with Crippen molar-refractivity contribution in [1.29, 1.82) is 0 Å². The minimum absolute atomic E-state index is 0.0244. The zero-order valence-corrected chi connectivity index (χ0v) is 9.46. The molecule has 1 saturated heterocycles. The van der Waals surface area contributed by atoms with E-state index in [1.54, 1.807) is 0 Å². The first kappa shape index (κ1) is 10.9. The molecule has 2 rings (SSSR count). The SMILES string of the molecule is NCC1(c2ccccc2Cl)CCOCC1. The van der Waals surface area contributed by atoms with Gasteiger partial charge in [0.1, 0.15) is 0 Å². The summed E-state index contributed by atoms with van der Waals surface area (Å²) < 4.78 is 5.39. The Labute approximate surface area is 95.4 Å². The van der Waals surface area contributed by atoms with Gasteiger partial charge >= 0.3 is 0 Å². The van der Waals surface area contributed by atoms with Crippen LogP contribution >= 0.6 is 11.6 Å². The summed E-state index contributed by atoms with van der Waals surface area (Å²) in [4.78, 5) is 0. The predicted octanol–water partition coefficient (Wildman–Crippen LogP) is 2.35. The zero-order chi connectivity index (χ0) is 10.7. The number of halogens is 1. The molecule has 0 aliphatic carbocycles. The van der Waals surface area contributed by atoms with Crippen molar-refractivity contribution < 1.29 is 4.74 Å². The summed E-state index contributed by atoms with van der Waals surface area (Å²) in [6, 6.07) is 7.99. The van der Waals surface area contributed by atoms with E-state index in [0.29, 0.717) is 6.54 Å². The first-order valence-electron chi connectivity index (χ1n) is 5.31. The molecule has 1 aromatic carbocycles. The molecule has 2 nitrogen and oxygen atoms in total. The Morgan fingerprint density at radius 3 is 2.53 bits per heavy atom. The van der Waals surface area contributed by atoms with Crippen molar-refractivity contribution in [2.75, 3.05) is 19.8 Å². The minimum Gasteiger partial charge on any atom is -0.381 e. The fourth-order valence-corrected chi connectivity index (χ4v) is 2.57. The third-order valence-electron chi connectivity index (χ3n) is 3.29. The van der Waals surface area contributed by atoms with Gasteiger partial charge in [-0.3, -0.25) is 0 Å². The van der Waals surface area contributed by atoms with Gasteiger partial charge in [-0.1, -0.05) is 29.8 Å². The maximum atomic E-state index is 6.23. The van der Waals surface area contributed by atoms with Crippen LogP contribution in [0.5, 0.6) is 0 Å². The average Bonchev–Trinajstić information content (AvgIpc) is 2.30. The molecule has 3 heteroatoms. The van der Waals surface area contributed by atoms with Gasteiger partial charge in [0, 0.05) is 30.2 Å². The molecule has 0 spiro atoms. The molecule has 1 fully saturated rings. The molecular weight excluding hydrogens is 210 g/mol. The van der Waals surface area contributed by atoms with E-state index >= 15 is 0 Å². The van der Waals surface area contributed by atoms with Crippen LogP contribution in [0.25, 0.3) is 0 Å². The second kappa shape index (κ2) is 4.52. The van der Waals surface area contributed by atoms with Crippen LogP contribution in [-0.4, -0.2) is 19.8 Å². The van der Waals surface area contributed by atoms with Crippen LogP contribution in [0.1, 0.15) is 18.4 Å². The second-order valence-electron chi connectivity index (χ2n) is 4.08. The van der Waals surface area contributed by atoms with Crippen LogP contribution < -0.4 is 5.73 Å². The van der Waals surface area contributed by atoms with Crippen molar-refractivity contribution in [3.63, 3.8) is 0 Å². The molecule has 82 valence electrons. The summed E-state index contributed by atoms with van der Waals surface area (Å²) in [7, 11) is 0. The van der Waals surface area contributed by atoms with Gasteiger partial charge in [-0.2, -0.15) is 0 Å². The Bertz CT molecular complexity index is 334. The van der Waals surface area contributed by atoms with Gasteiger partial charge in [0.15, 0.2) is 0 Å². The lowest BCUT2D eigenvalue weighted by molar-refractivity contribution is 0.0530. The lowest BCUT2D eigenvalue weighted by Gasteiger charge is -2.37. The molecule has 0 amide bonds. The molecule has 1 aliphatic heterocycles. The second-order valence-corrected chi connectivity index (χ2v) is 4.48. The van der Waals surface area contributed by atoms with Crippen LogP contribution in [0.3, 0.4) is 0 Å². The molecule has 1 heterocycles. The molecular formula is C12H16ClNO. The topological polar surface area (TPSA) is 35.2 Å². The van der Waals surface area contributed by atoms with Crippen molar-refractivity contribution >= 4 is 11.6 Å². The number of benzene rings is 1.